The Kier molecular flexibility index (Phi) is 7.30. The summed E-state index contributed by atoms with van der Waals surface area (Å²) >= 11 is 0. The lowest BCUT2D eigenvalue weighted by Gasteiger charge is -2.17. The maximum absolute atomic E-state index is 12.3. The number of methoxy groups -OCH3 is 2. The van der Waals surface area contributed by atoms with E-state index in [4.69, 9.17) is 9.47 Å². The number of ether oxygens (including phenoxy) is 2. The van der Waals surface area contributed by atoms with Crippen molar-refractivity contribution in [2.24, 2.45) is 0 Å². The predicted molar refractivity (Wildman–Crippen MR) is 82.3 cm³/mol. The quantitative estimate of drug-likeness (QED) is 0.644. The zero-order valence-corrected chi connectivity index (χ0v) is 13.8. The van der Waals surface area contributed by atoms with E-state index in [0.717, 1.165) is 0 Å². The summed E-state index contributed by atoms with van der Waals surface area (Å²) in [7, 11) is -0.747. The standard InChI is InChI=1S/C14H22N2O5S/c1-4-13(14(17)15-9-10-20-2)16-22(18,19)12-7-5-11(21-3)6-8-12/h5-8,13,16H,4,9-10H2,1-3H3,(H,15,17). The maximum Gasteiger partial charge on any atom is 0.241 e. The predicted octanol–water partition coefficient (Wildman–Crippen LogP) is 0.515. The third-order valence-electron chi connectivity index (χ3n) is 3.00. The molecule has 1 atom stereocenters. The van der Waals surface area contributed by atoms with Crippen molar-refractivity contribution < 1.29 is 22.7 Å². The first-order valence-corrected chi connectivity index (χ1v) is 8.36. The number of benzene rings is 1. The Balaban J connectivity index is 2.76. The van der Waals surface area contributed by atoms with E-state index in [1.54, 1.807) is 19.1 Å². The first-order valence-electron chi connectivity index (χ1n) is 6.87. The van der Waals surface area contributed by atoms with Gasteiger partial charge in [0.1, 0.15) is 11.8 Å². The van der Waals surface area contributed by atoms with Crippen LogP contribution >= 0.6 is 0 Å². The summed E-state index contributed by atoms with van der Waals surface area (Å²) in [5.41, 5.74) is 0. The summed E-state index contributed by atoms with van der Waals surface area (Å²) in [5.74, 6) is 0.180. The van der Waals surface area contributed by atoms with E-state index >= 15 is 0 Å². The van der Waals surface area contributed by atoms with Crippen LogP contribution in [0.5, 0.6) is 5.75 Å². The molecule has 0 aliphatic rings. The fraction of sp³-hybridized carbons (Fsp3) is 0.500. The Morgan fingerprint density at radius 1 is 1.23 bits per heavy atom. The lowest BCUT2D eigenvalue weighted by Crippen LogP contribution is -2.46. The summed E-state index contributed by atoms with van der Waals surface area (Å²) in [5, 5.41) is 2.62. The highest BCUT2D eigenvalue weighted by molar-refractivity contribution is 7.89. The van der Waals surface area contributed by atoms with Crippen molar-refractivity contribution in [3.8, 4) is 5.75 Å². The molecule has 0 radical (unpaired) electrons. The molecule has 22 heavy (non-hydrogen) atoms. The van der Waals surface area contributed by atoms with Crippen LogP contribution in [0.4, 0.5) is 0 Å². The van der Waals surface area contributed by atoms with Crippen LogP contribution in [-0.4, -0.2) is 47.7 Å². The minimum absolute atomic E-state index is 0.0800. The monoisotopic (exact) mass is 330 g/mol. The summed E-state index contributed by atoms with van der Waals surface area (Å²) in [6.07, 6.45) is 0.341. The number of sulfonamides is 1. The second kappa shape index (κ2) is 8.72. The molecule has 8 heteroatoms. The molecular weight excluding hydrogens is 308 g/mol. The van der Waals surface area contributed by atoms with Crippen LogP contribution in [0.25, 0.3) is 0 Å². The van der Waals surface area contributed by atoms with Gasteiger partial charge in [0.05, 0.1) is 18.6 Å². The number of hydrogen-bond donors (Lipinski definition) is 2. The van der Waals surface area contributed by atoms with Crippen molar-refractivity contribution >= 4 is 15.9 Å². The van der Waals surface area contributed by atoms with Gasteiger partial charge in [0, 0.05) is 13.7 Å². The Bertz CT molecular complexity index is 571. The van der Waals surface area contributed by atoms with Crippen LogP contribution in [0.2, 0.25) is 0 Å². The molecule has 1 aromatic rings. The van der Waals surface area contributed by atoms with E-state index in [9.17, 15) is 13.2 Å². The van der Waals surface area contributed by atoms with Gasteiger partial charge in [0.25, 0.3) is 0 Å². The number of amides is 1. The van der Waals surface area contributed by atoms with Crippen LogP contribution in [0, 0.1) is 0 Å². The van der Waals surface area contributed by atoms with E-state index in [2.05, 4.69) is 10.0 Å². The Hall–Kier alpha value is -1.64. The third-order valence-corrected chi connectivity index (χ3v) is 4.48. The van der Waals surface area contributed by atoms with Crippen molar-refractivity contribution in [3.05, 3.63) is 24.3 Å². The molecule has 0 aromatic heterocycles. The molecule has 7 nitrogen and oxygen atoms in total. The Morgan fingerprint density at radius 2 is 1.86 bits per heavy atom. The van der Waals surface area contributed by atoms with Crippen molar-refractivity contribution in [2.45, 2.75) is 24.3 Å². The number of nitrogens with one attached hydrogen (secondary N) is 2. The lowest BCUT2D eigenvalue weighted by molar-refractivity contribution is -0.122. The molecule has 0 aliphatic carbocycles. The van der Waals surface area contributed by atoms with E-state index < -0.39 is 16.1 Å². The normalized spacial score (nSPS) is 12.7. The largest absolute Gasteiger partial charge is 0.497 e. The Labute approximate surface area is 131 Å². The van der Waals surface area contributed by atoms with Gasteiger partial charge < -0.3 is 14.8 Å². The zero-order valence-electron chi connectivity index (χ0n) is 13.0. The van der Waals surface area contributed by atoms with Gasteiger partial charge in [-0.2, -0.15) is 4.72 Å². The number of carbonyl (C=O) groups excluding carboxylic acids is 1. The van der Waals surface area contributed by atoms with Gasteiger partial charge in [-0.3, -0.25) is 4.79 Å². The van der Waals surface area contributed by atoms with Gasteiger partial charge in [0.2, 0.25) is 15.9 Å². The highest BCUT2D eigenvalue weighted by atomic mass is 32.2. The van der Waals surface area contributed by atoms with E-state index in [-0.39, 0.29) is 10.8 Å². The smallest absolute Gasteiger partial charge is 0.241 e. The van der Waals surface area contributed by atoms with Crippen LogP contribution < -0.4 is 14.8 Å². The van der Waals surface area contributed by atoms with Crippen molar-refractivity contribution in [2.75, 3.05) is 27.4 Å². The maximum atomic E-state index is 12.3. The number of hydrogen-bond acceptors (Lipinski definition) is 5. The van der Waals surface area contributed by atoms with Gasteiger partial charge in [-0.05, 0) is 30.7 Å². The number of rotatable bonds is 9. The van der Waals surface area contributed by atoms with Gasteiger partial charge >= 0.3 is 0 Å². The topological polar surface area (TPSA) is 93.7 Å². The van der Waals surface area contributed by atoms with Crippen LogP contribution in [0.1, 0.15) is 13.3 Å². The SMILES string of the molecule is CCC(NS(=O)(=O)c1ccc(OC)cc1)C(=O)NCCOC. The minimum atomic E-state index is -3.77. The highest BCUT2D eigenvalue weighted by Crippen LogP contribution is 2.15. The molecule has 0 fully saturated rings. The fourth-order valence-electron chi connectivity index (χ4n) is 1.73. The molecule has 1 amide bonds. The van der Waals surface area contributed by atoms with Crippen LogP contribution in [0.3, 0.4) is 0 Å². The minimum Gasteiger partial charge on any atom is -0.497 e. The zero-order chi connectivity index (χ0) is 16.6. The van der Waals surface area contributed by atoms with Gasteiger partial charge in [-0.1, -0.05) is 6.92 Å². The second-order valence-electron chi connectivity index (χ2n) is 4.54. The molecule has 0 saturated heterocycles. The van der Waals surface area contributed by atoms with Gasteiger partial charge in [-0.15, -0.1) is 0 Å². The first-order chi connectivity index (χ1) is 10.4. The summed E-state index contributed by atoms with van der Waals surface area (Å²) in [6, 6.07) is 5.12. The molecular formula is C14H22N2O5S. The van der Waals surface area contributed by atoms with Crippen LogP contribution in [-0.2, 0) is 19.6 Å². The molecule has 1 unspecified atom stereocenters. The summed E-state index contributed by atoms with van der Waals surface area (Å²) in [6.45, 7) is 2.43. The first kappa shape index (κ1) is 18.4. The molecule has 1 aromatic carbocycles. The molecule has 0 heterocycles. The second-order valence-corrected chi connectivity index (χ2v) is 6.26. The van der Waals surface area contributed by atoms with E-state index in [1.165, 1.54) is 26.4 Å². The van der Waals surface area contributed by atoms with Gasteiger partial charge in [0.15, 0.2) is 0 Å². The van der Waals surface area contributed by atoms with Crippen LogP contribution in [0.15, 0.2) is 29.2 Å². The van der Waals surface area contributed by atoms with Crippen molar-refractivity contribution in [1.29, 1.82) is 0 Å². The summed E-state index contributed by atoms with van der Waals surface area (Å²) in [4.78, 5) is 12.0. The lowest BCUT2D eigenvalue weighted by atomic mass is 10.2. The Morgan fingerprint density at radius 3 is 2.36 bits per heavy atom. The molecule has 0 aliphatic heterocycles. The van der Waals surface area contributed by atoms with Crippen molar-refractivity contribution in [3.63, 3.8) is 0 Å². The fourth-order valence-corrected chi connectivity index (χ4v) is 3.01. The van der Waals surface area contributed by atoms with E-state index in [0.29, 0.717) is 25.3 Å². The average Bonchev–Trinajstić information content (AvgIpc) is 2.52. The van der Waals surface area contributed by atoms with E-state index in [1.807, 2.05) is 0 Å². The number of carbonyl (C=O) groups is 1. The molecule has 2 N–H and O–H groups in total. The molecule has 0 saturated carbocycles. The van der Waals surface area contributed by atoms with Gasteiger partial charge in [-0.25, -0.2) is 8.42 Å². The molecule has 124 valence electrons. The molecule has 1 rings (SSSR count). The average molecular weight is 330 g/mol. The highest BCUT2D eigenvalue weighted by Gasteiger charge is 2.24. The molecule has 0 spiro atoms. The molecule has 0 bridgehead atoms. The third kappa shape index (κ3) is 5.28. The van der Waals surface area contributed by atoms with Crippen molar-refractivity contribution in [1.82, 2.24) is 10.0 Å². The summed E-state index contributed by atoms with van der Waals surface area (Å²) < 4.78 is 36.8.